The van der Waals surface area contributed by atoms with E-state index in [0.717, 1.165) is 24.6 Å². The van der Waals surface area contributed by atoms with Gasteiger partial charge in [0.05, 0.1) is 5.69 Å². The molecule has 2 rings (SSSR count). The fourth-order valence-corrected chi connectivity index (χ4v) is 4.03. The molecule has 4 heteroatoms. The Morgan fingerprint density at radius 2 is 2.05 bits per heavy atom. The molecule has 0 saturated carbocycles. The number of hydrogen-bond acceptors (Lipinski definition) is 4. The highest BCUT2D eigenvalue weighted by atomic mass is 32.1. The van der Waals surface area contributed by atoms with Crippen LogP contribution in [-0.2, 0) is 22.3 Å². The molecule has 0 radical (unpaired) electrons. The van der Waals surface area contributed by atoms with Crippen LogP contribution in [0.3, 0.4) is 0 Å². The molecule has 1 fully saturated rings. The molecule has 1 aromatic heterocycles. The first-order chi connectivity index (χ1) is 9.72. The van der Waals surface area contributed by atoms with Crippen LogP contribution in [0.1, 0.15) is 76.4 Å². The maximum atomic E-state index is 6.09. The summed E-state index contributed by atoms with van der Waals surface area (Å²) < 4.78 is 6.09. The fraction of sp³-hybridized carbons (Fsp3) is 0.824. The summed E-state index contributed by atoms with van der Waals surface area (Å²) >= 11 is 1.84. The van der Waals surface area contributed by atoms with Crippen molar-refractivity contribution in [2.45, 2.75) is 84.4 Å². The van der Waals surface area contributed by atoms with Crippen molar-refractivity contribution >= 4 is 11.3 Å². The monoisotopic (exact) mass is 310 g/mol. The number of nitrogens with one attached hydrogen (secondary N) is 1. The maximum Gasteiger partial charge on any atom is 0.125 e. The smallest absolute Gasteiger partial charge is 0.125 e. The third-order valence-corrected chi connectivity index (χ3v) is 5.30. The molecule has 0 aromatic carbocycles. The van der Waals surface area contributed by atoms with E-state index >= 15 is 0 Å². The quantitative estimate of drug-likeness (QED) is 0.897. The van der Waals surface area contributed by atoms with Crippen molar-refractivity contribution in [1.82, 2.24) is 10.3 Å². The van der Waals surface area contributed by atoms with E-state index in [4.69, 9.17) is 9.72 Å². The Bertz CT molecular complexity index is 468. The second-order valence-electron chi connectivity index (χ2n) is 7.61. The van der Waals surface area contributed by atoms with Crippen LogP contribution in [0.25, 0.3) is 0 Å². The minimum atomic E-state index is -0.182. The first-order valence-corrected chi connectivity index (χ1v) is 8.92. The van der Waals surface area contributed by atoms with E-state index in [1.54, 1.807) is 0 Å². The summed E-state index contributed by atoms with van der Waals surface area (Å²) in [5.41, 5.74) is 1.12. The Labute approximate surface area is 133 Å². The molecule has 0 aliphatic carbocycles. The van der Waals surface area contributed by atoms with Gasteiger partial charge in [-0.15, -0.1) is 11.3 Å². The van der Waals surface area contributed by atoms with Crippen LogP contribution < -0.4 is 5.32 Å². The van der Waals surface area contributed by atoms with Crippen LogP contribution in [0.15, 0.2) is 0 Å². The van der Waals surface area contributed by atoms with Gasteiger partial charge >= 0.3 is 0 Å². The number of hydrogen-bond donors (Lipinski definition) is 1. The average molecular weight is 311 g/mol. The highest BCUT2D eigenvalue weighted by Gasteiger charge is 2.35. The zero-order valence-corrected chi connectivity index (χ0v) is 15.2. The van der Waals surface area contributed by atoms with Gasteiger partial charge in [-0.2, -0.15) is 0 Å². The summed E-state index contributed by atoms with van der Waals surface area (Å²) in [5.74, 6) is 0. The lowest BCUT2D eigenvalue weighted by atomic mass is 9.91. The molecule has 1 aromatic rings. The van der Waals surface area contributed by atoms with Crippen LogP contribution in [0.4, 0.5) is 0 Å². The number of thiazole rings is 1. The Morgan fingerprint density at radius 1 is 1.33 bits per heavy atom. The lowest BCUT2D eigenvalue weighted by Gasteiger charge is -2.32. The van der Waals surface area contributed by atoms with Crippen molar-refractivity contribution in [2.75, 3.05) is 6.61 Å². The SMILES string of the molecule is CC(C)NCc1sc(C2(C)CCCCO2)nc1C(C)(C)C. The summed E-state index contributed by atoms with van der Waals surface area (Å²) in [6.07, 6.45) is 3.50. The van der Waals surface area contributed by atoms with E-state index < -0.39 is 0 Å². The van der Waals surface area contributed by atoms with E-state index in [1.807, 2.05) is 11.3 Å². The Kier molecular flexibility index (Phi) is 5.11. The van der Waals surface area contributed by atoms with Crippen LogP contribution in [0, 0.1) is 0 Å². The van der Waals surface area contributed by atoms with Crippen molar-refractivity contribution in [3.05, 3.63) is 15.6 Å². The standard InChI is InChI=1S/C17H30N2OS/c1-12(2)18-11-13-14(16(3,4)5)19-15(21-13)17(6)9-7-8-10-20-17/h12,18H,7-11H2,1-6H3. The van der Waals surface area contributed by atoms with Crippen LogP contribution >= 0.6 is 11.3 Å². The molecule has 0 amide bonds. The van der Waals surface area contributed by atoms with Crippen LogP contribution in [-0.4, -0.2) is 17.6 Å². The van der Waals surface area contributed by atoms with Crippen molar-refractivity contribution in [3.63, 3.8) is 0 Å². The molecule has 0 bridgehead atoms. The summed E-state index contributed by atoms with van der Waals surface area (Å²) in [5, 5.41) is 4.69. The molecule has 2 heterocycles. The van der Waals surface area contributed by atoms with E-state index in [-0.39, 0.29) is 11.0 Å². The van der Waals surface area contributed by atoms with E-state index in [9.17, 15) is 0 Å². The van der Waals surface area contributed by atoms with Gasteiger partial charge in [-0.3, -0.25) is 0 Å². The molecule has 1 aliphatic heterocycles. The van der Waals surface area contributed by atoms with E-state index in [0.29, 0.717) is 6.04 Å². The molecule has 21 heavy (non-hydrogen) atoms. The summed E-state index contributed by atoms with van der Waals surface area (Å²) in [6, 6.07) is 0.491. The van der Waals surface area contributed by atoms with Crippen LogP contribution in [0.5, 0.6) is 0 Å². The van der Waals surface area contributed by atoms with Gasteiger partial charge in [0, 0.05) is 29.5 Å². The van der Waals surface area contributed by atoms with Crippen molar-refractivity contribution in [3.8, 4) is 0 Å². The summed E-state index contributed by atoms with van der Waals surface area (Å²) in [4.78, 5) is 6.37. The molecular weight excluding hydrogens is 280 g/mol. The third kappa shape index (κ3) is 4.05. The first-order valence-electron chi connectivity index (χ1n) is 8.10. The molecule has 1 N–H and O–H groups in total. The normalized spacial score (nSPS) is 23.8. The van der Waals surface area contributed by atoms with Gasteiger partial charge in [-0.25, -0.2) is 4.98 Å². The minimum Gasteiger partial charge on any atom is -0.368 e. The maximum absolute atomic E-state index is 6.09. The zero-order chi connectivity index (χ0) is 15.7. The third-order valence-electron chi connectivity index (χ3n) is 4.00. The minimum absolute atomic E-state index is 0.0772. The molecular formula is C17H30N2OS. The molecule has 1 unspecified atom stereocenters. The number of aromatic nitrogens is 1. The molecule has 1 atom stereocenters. The van der Waals surface area contributed by atoms with Gasteiger partial charge in [0.2, 0.25) is 0 Å². The van der Waals surface area contributed by atoms with Crippen molar-refractivity contribution in [2.24, 2.45) is 0 Å². The summed E-state index contributed by atoms with van der Waals surface area (Å²) in [6.45, 7) is 15.1. The van der Waals surface area contributed by atoms with Gasteiger partial charge in [-0.05, 0) is 26.2 Å². The number of rotatable bonds is 4. The van der Waals surface area contributed by atoms with Gasteiger partial charge < -0.3 is 10.1 Å². The second kappa shape index (κ2) is 6.35. The van der Waals surface area contributed by atoms with Gasteiger partial charge in [0.25, 0.3) is 0 Å². The Balaban J connectivity index is 2.31. The van der Waals surface area contributed by atoms with Gasteiger partial charge in [0.1, 0.15) is 10.6 Å². The van der Waals surface area contributed by atoms with Crippen molar-refractivity contribution < 1.29 is 4.74 Å². The van der Waals surface area contributed by atoms with Crippen molar-refractivity contribution in [1.29, 1.82) is 0 Å². The first kappa shape index (κ1) is 16.9. The van der Waals surface area contributed by atoms with E-state index in [1.165, 1.54) is 23.4 Å². The molecule has 1 saturated heterocycles. The largest absolute Gasteiger partial charge is 0.368 e. The number of ether oxygens (including phenoxy) is 1. The lowest BCUT2D eigenvalue weighted by molar-refractivity contribution is -0.0703. The molecule has 120 valence electrons. The number of nitrogens with zero attached hydrogens (tertiary/aromatic N) is 1. The topological polar surface area (TPSA) is 34.1 Å². The predicted molar refractivity (Wildman–Crippen MR) is 89.9 cm³/mol. The van der Waals surface area contributed by atoms with E-state index in [2.05, 4.69) is 46.9 Å². The second-order valence-corrected chi connectivity index (χ2v) is 8.70. The average Bonchev–Trinajstić information content (AvgIpc) is 2.82. The predicted octanol–water partition coefficient (Wildman–Crippen LogP) is 4.35. The fourth-order valence-electron chi connectivity index (χ4n) is 2.68. The molecule has 3 nitrogen and oxygen atoms in total. The highest BCUT2D eigenvalue weighted by molar-refractivity contribution is 7.11. The highest BCUT2D eigenvalue weighted by Crippen LogP contribution is 2.40. The summed E-state index contributed by atoms with van der Waals surface area (Å²) in [7, 11) is 0. The van der Waals surface area contributed by atoms with Gasteiger partial charge in [0.15, 0.2) is 0 Å². The Morgan fingerprint density at radius 3 is 2.57 bits per heavy atom. The lowest BCUT2D eigenvalue weighted by Crippen LogP contribution is -2.30. The molecule has 0 spiro atoms. The zero-order valence-electron chi connectivity index (χ0n) is 14.4. The van der Waals surface area contributed by atoms with Gasteiger partial charge in [-0.1, -0.05) is 34.6 Å². The Hall–Kier alpha value is -0.450. The molecule has 1 aliphatic rings. The van der Waals surface area contributed by atoms with Crippen LogP contribution in [0.2, 0.25) is 0 Å².